The molecule has 168 valence electrons. The minimum absolute atomic E-state index is 0.139. The zero-order valence-corrected chi connectivity index (χ0v) is 18.1. The Hall–Kier alpha value is -2.54. The van der Waals surface area contributed by atoms with Gasteiger partial charge in [-0.15, -0.1) is 0 Å². The largest absolute Gasteiger partial charge is 0.394 e. The van der Waals surface area contributed by atoms with Crippen molar-refractivity contribution in [2.75, 3.05) is 13.2 Å². The van der Waals surface area contributed by atoms with Crippen molar-refractivity contribution in [2.45, 2.75) is 44.2 Å². The van der Waals surface area contributed by atoms with Crippen LogP contribution in [0.4, 0.5) is 0 Å². The predicted molar refractivity (Wildman–Crippen MR) is 122 cm³/mol. The molecule has 0 aliphatic carbocycles. The van der Waals surface area contributed by atoms with E-state index in [-0.39, 0.29) is 18.8 Å². The first-order chi connectivity index (χ1) is 15.8. The first-order valence-electron chi connectivity index (χ1n) is 11.0. The number of ether oxygens (including phenoxy) is 4. The van der Waals surface area contributed by atoms with Gasteiger partial charge in [-0.25, -0.2) is 0 Å². The van der Waals surface area contributed by atoms with E-state index in [1.165, 1.54) is 0 Å². The molecule has 5 heteroatoms. The second-order valence-electron chi connectivity index (χ2n) is 7.92. The van der Waals surface area contributed by atoms with E-state index in [4.69, 9.17) is 18.9 Å². The molecule has 32 heavy (non-hydrogen) atoms. The summed E-state index contributed by atoms with van der Waals surface area (Å²) in [5.41, 5.74) is 3.24. The van der Waals surface area contributed by atoms with Crippen LogP contribution in [-0.4, -0.2) is 42.7 Å². The molecule has 1 heterocycles. The molecule has 4 rings (SSSR count). The van der Waals surface area contributed by atoms with Gasteiger partial charge in [0.15, 0.2) is 0 Å². The number of benzene rings is 3. The van der Waals surface area contributed by atoms with Crippen LogP contribution in [0, 0.1) is 0 Å². The third-order valence-corrected chi connectivity index (χ3v) is 5.55. The van der Waals surface area contributed by atoms with E-state index in [9.17, 15) is 5.11 Å². The molecular formula is C27H30O5. The molecule has 3 aromatic rings. The van der Waals surface area contributed by atoms with Gasteiger partial charge in [0.1, 0.15) is 24.4 Å². The van der Waals surface area contributed by atoms with Crippen molar-refractivity contribution in [3.8, 4) is 0 Å². The molecule has 4 atom stereocenters. The molecule has 5 nitrogen and oxygen atoms in total. The normalized spacial score (nSPS) is 22.8. The number of aliphatic hydroxyl groups is 1. The average molecular weight is 435 g/mol. The molecule has 1 aliphatic rings. The monoisotopic (exact) mass is 434 g/mol. The highest BCUT2D eigenvalue weighted by Crippen LogP contribution is 2.29. The third-order valence-electron chi connectivity index (χ3n) is 5.55. The van der Waals surface area contributed by atoms with Gasteiger partial charge in [0, 0.05) is 0 Å². The fraction of sp³-hybridized carbons (Fsp3) is 0.333. The lowest BCUT2D eigenvalue weighted by Crippen LogP contribution is -2.39. The third kappa shape index (κ3) is 6.25. The number of hydrogen-bond acceptors (Lipinski definition) is 5. The fourth-order valence-electron chi connectivity index (χ4n) is 3.89. The van der Waals surface area contributed by atoms with Crippen LogP contribution in [0.2, 0.25) is 0 Å². The quantitative estimate of drug-likeness (QED) is 0.492. The lowest BCUT2D eigenvalue weighted by molar-refractivity contribution is -0.0901. The van der Waals surface area contributed by atoms with E-state index < -0.39 is 12.2 Å². The Morgan fingerprint density at radius 2 is 1.03 bits per heavy atom. The van der Waals surface area contributed by atoms with E-state index in [1.807, 2.05) is 91.0 Å². The average Bonchev–Trinajstić information content (AvgIpc) is 3.19. The van der Waals surface area contributed by atoms with E-state index >= 15 is 0 Å². The highest BCUT2D eigenvalue weighted by atomic mass is 16.6. The zero-order valence-electron chi connectivity index (χ0n) is 18.1. The smallest absolute Gasteiger partial charge is 0.115 e. The summed E-state index contributed by atoms with van der Waals surface area (Å²) in [5.74, 6) is 0. The first-order valence-corrected chi connectivity index (χ1v) is 11.0. The lowest BCUT2D eigenvalue weighted by Gasteiger charge is -2.25. The van der Waals surface area contributed by atoms with Crippen molar-refractivity contribution in [1.82, 2.24) is 0 Å². The molecule has 0 aromatic heterocycles. The van der Waals surface area contributed by atoms with E-state index in [2.05, 4.69) is 0 Å². The van der Waals surface area contributed by atoms with Gasteiger partial charge in [-0.3, -0.25) is 0 Å². The van der Waals surface area contributed by atoms with Crippen molar-refractivity contribution in [1.29, 1.82) is 0 Å². The Morgan fingerprint density at radius 3 is 1.50 bits per heavy atom. The van der Waals surface area contributed by atoms with Crippen LogP contribution in [0.25, 0.3) is 0 Å². The van der Waals surface area contributed by atoms with E-state index in [1.54, 1.807) is 0 Å². The van der Waals surface area contributed by atoms with Gasteiger partial charge in [-0.1, -0.05) is 91.0 Å². The minimum Gasteiger partial charge on any atom is -0.394 e. The van der Waals surface area contributed by atoms with Gasteiger partial charge in [-0.2, -0.15) is 0 Å². The van der Waals surface area contributed by atoms with Crippen molar-refractivity contribution in [2.24, 2.45) is 0 Å². The summed E-state index contributed by atoms with van der Waals surface area (Å²) in [6.45, 7) is 1.57. The Kier molecular flexibility index (Phi) is 8.42. The van der Waals surface area contributed by atoms with Crippen LogP contribution in [-0.2, 0) is 38.8 Å². The summed E-state index contributed by atoms with van der Waals surface area (Å²) in [6, 6.07) is 30.0. The molecule has 0 spiro atoms. The Balaban J connectivity index is 1.42. The van der Waals surface area contributed by atoms with E-state index in [0.29, 0.717) is 26.4 Å². The maximum Gasteiger partial charge on any atom is 0.115 e. The maximum atomic E-state index is 9.96. The standard InChI is InChI=1S/C27H30O5/c28-16-24-26(30-18-22-12-6-2-7-13-22)27(31-19-23-14-8-3-9-15-23)25(32-24)20-29-17-21-10-4-1-5-11-21/h1-15,24-28H,16-20H2/t24-,25+,26+,27+/m0/s1. The molecule has 0 amide bonds. The van der Waals surface area contributed by atoms with Crippen molar-refractivity contribution in [3.63, 3.8) is 0 Å². The van der Waals surface area contributed by atoms with Crippen molar-refractivity contribution in [3.05, 3.63) is 108 Å². The molecule has 3 aromatic carbocycles. The maximum absolute atomic E-state index is 9.96. The highest BCUT2D eigenvalue weighted by Gasteiger charge is 2.46. The summed E-state index contributed by atoms with van der Waals surface area (Å²) in [5, 5.41) is 9.96. The second-order valence-corrected chi connectivity index (χ2v) is 7.92. The SMILES string of the molecule is OC[C@@H]1O[C@H](COCc2ccccc2)[C@@H](OCc2ccccc2)[C@@H]1OCc1ccccc1. The Bertz CT molecular complexity index is 903. The van der Waals surface area contributed by atoms with Crippen LogP contribution >= 0.6 is 0 Å². The molecule has 0 radical (unpaired) electrons. The van der Waals surface area contributed by atoms with Crippen LogP contribution in [0.5, 0.6) is 0 Å². The van der Waals surface area contributed by atoms with Crippen LogP contribution in [0.3, 0.4) is 0 Å². The summed E-state index contributed by atoms with van der Waals surface area (Å²) in [6.07, 6.45) is -1.55. The van der Waals surface area contributed by atoms with Crippen LogP contribution in [0.1, 0.15) is 16.7 Å². The summed E-state index contributed by atoms with van der Waals surface area (Å²) >= 11 is 0. The van der Waals surface area contributed by atoms with Gasteiger partial charge < -0.3 is 24.1 Å². The predicted octanol–water partition coefficient (Wildman–Crippen LogP) is 4.13. The van der Waals surface area contributed by atoms with Crippen molar-refractivity contribution < 1.29 is 24.1 Å². The number of hydrogen-bond donors (Lipinski definition) is 1. The van der Waals surface area contributed by atoms with Crippen LogP contribution in [0.15, 0.2) is 91.0 Å². The Labute approximate surface area is 189 Å². The molecule has 0 bridgehead atoms. The molecular weight excluding hydrogens is 404 g/mol. The number of rotatable bonds is 11. The Morgan fingerprint density at radius 1 is 0.594 bits per heavy atom. The van der Waals surface area contributed by atoms with Gasteiger partial charge >= 0.3 is 0 Å². The molecule has 1 fully saturated rings. The van der Waals surface area contributed by atoms with Gasteiger partial charge in [0.25, 0.3) is 0 Å². The fourth-order valence-corrected chi connectivity index (χ4v) is 3.89. The van der Waals surface area contributed by atoms with Gasteiger partial charge in [0.2, 0.25) is 0 Å². The van der Waals surface area contributed by atoms with E-state index in [0.717, 1.165) is 16.7 Å². The van der Waals surface area contributed by atoms with Gasteiger partial charge in [0.05, 0.1) is 33.0 Å². The summed E-state index contributed by atoms with van der Waals surface area (Å²) in [7, 11) is 0. The molecule has 1 saturated heterocycles. The molecule has 0 unspecified atom stereocenters. The molecule has 0 saturated carbocycles. The lowest BCUT2D eigenvalue weighted by atomic mass is 10.1. The second kappa shape index (κ2) is 11.9. The molecule has 1 aliphatic heterocycles. The summed E-state index contributed by atoms with van der Waals surface area (Å²) < 4.78 is 24.6. The number of aliphatic hydroxyl groups excluding tert-OH is 1. The van der Waals surface area contributed by atoms with Crippen LogP contribution < -0.4 is 0 Å². The van der Waals surface area contributed by atoms with Gasteiger partial charge in [-0.05, 0) is 16.7 Å². The minimum atomic E-state index is -0.468. The highest BCUT2D eigenvalue weighted by molar-refractivity contribution is 5.15. The summed E-state index contributed by atoms with van der Waals surface area (Å²) in [4.78, 5) is 0. The van der Waals surface area contributed by atoms with Crippen molar-refractivity contribution >= 4 is 0 Å². The topological polar surface area (TPSA) is 57.2 Å². The zero-order chi connectivity index (χ0) is 22.0. The molecule has 1 N–H and O–H groups in total. The first kappa shape index (κ1) is 22.6.